The molecule has 2 aliphatic heterocycles. The zero-order chi connectivity index (χ0) is 21.5. The highest BCUT2D eigenvalue weighted by atomic mass is 32.2. The maximum absolute atomic E-state index is 12.7. The second-order valence-corrected chi connectivity index (χ2v) is 11.4. The average Bonchev–Trinajstić information content (AvgIpc) is 3.32. The van der Waals surface area contributed by atoms with Gasteiger partial charge in [-0.25, -0.2) is 8.42 Å². The van der Waals surface area contributed by atoms with Crippen molar-refractivity contribution in [3.8, 4) is 0 Å². The van der Waals surface area contributed by atoms with E-state index < -0.39 is 9.84 Å². The Morgan fingerprint density at radius 2 is 2.03 bits per heavy atom. The summed E-state index contributed by atoms with van der Waals surface area (Å²) >= 11 is 1.44. The molecule has 0 spiro atoms. The maximum atomic E-state index is 12.7. The molecule has 0 aliphatic carbocycles. The summed E-state index contributed by atoms with van der Waals surface area (Å²) in [7, 11) is -3.03. The number of aromatic nitrogens is 2. The normalized spacial score (nSPS) is 22.1. The number of amidine groups is 1. The number of aryl methyl sites for hydroxylation is 1. The van der Waals surface area contributed by atoms with Crippen LogP contribution in [-0.2, 0) is 14.6 Å². The summed E-state index contributed by atoms with van der Waals surface area (Å²) in [6, 6.07) is 9.58. The molecule has 2 aromatic rings. The molecule has 1 fully saturated rings. The lowest BCUT2D eigenvalue weighted by molar-refractivity contribution is -0.114. The summed E-state index contributed by atoms with van der Waals surface area (Å²) in [5.41, 5.74) is 2.91. The van der Waals surface area contributed by atoms with Crippen LogP contribution in [0.25, 0.3) is 0 Å². The van der Waals surface area contributed by atoms with Crippen molar-refractivity contribution in [1.82, 2.24) is 10.2 Å². The van der Waals surface area contributed by atoms with Crippen molar-refractivity contribution in [2.45, 2.75) is 38.0 Å². The number of aromatic amines is 1. The van der Waals surface area contributed by atoms with Crippen LogP contribution < -0.4 is 10.2 Å². The predicted octanol–water partition coefficient (Wildman–Crippen LogP) is 2.56. The van der Waals surface area contributed by atoms with E-state index in [-0.39, 0.29) is 35.2 Å². The Kier molecular flexibility index (Phi) is 5.63. The molecule has 3 heterocycles. The highest BCUT2D eigenvalue weighted by Crippen LogP contribution is 2.37. The Labute approximate surface area is 180 Å². The molecule has 2 aliphatic rings. The van der Waals surface area contributed by atoms with Crippen LogP contribution in [0.2, 0.25) is 0 Å². The molecule has 0 saturated carbocycles. The van der Waals surface area contributed by atoms with E-state index in [9.17, 15) is 13.2 Å². The van der Waals surface area contributed by atoms with E-state index in [4.69, 9.17) is 0 Å². The highest BCUT2D eigenvalue weighted by molar-refractivity contribution is 8.15. The third-order valence-corrected chi connectivity index (χ3v) is 8.43. The lowest BCUT2D eigenvalue weighted by atomic mass is 10.0. The number of hydrogen-bond donors (Lipinski definition) is 2. The first-order valence-electron chi connectivity index (χ1n) is 9.84. The van der Waals surface area contributed by atoms with Crippen LogP contribution >= 0.6 is 11.8 Å². The molecule has 1 aromatic heterocycles. The van der Waals surface area contributed by atoms with Gasteiger partial charge in [-0.3, -0.25) is 14.9 Å². The van der Waals surface area contributed by atoms with Gasteiger partial charge in [-0.15, -0.1) is 0 Å². The largest absolute Gasteiger partial charge is 0.312 e. The lowest BCUT2D eigenvalue weighted by Gasteiger charge is -2.24. The number of H-pyrrole nitrogens is 1. The van der Waals surface area contributed by atoms with Crippen LogP contribution in [0.5, 0.6) is 0 Å². The molecule has 1 amide bonds. The number of nitrogens with zero attached hydrogens (tertiary/aromatic N) is 3. The zero-order valence-corrected chi connectivity index (χ0v) is 18.8. The molecule has 30 heavy (non-hydrogen) atoms. The fourth-order valence-corrected chi connectivity index (χ4v) is 7.37. The van der Waals surface area contributed by atoms with Crippen molar-refractivity contribution in [3.05, 3.63) is 41.6 Å². The molecule has 1 aromatic carbocycles. The maximum Gasteiger partial charge on any atom is 0.245 e. The minimum atomic E-state index is -3.03. The molecule has 160 valence electrons. The summed E-state index contributed by atoms with van der Waals surface area (Å²) in [6.07, 6.45) is 0. The Morgan fingerprint density at radius 3 is 2.63 bits per heavy atom. The summed E-state index contributed by atoms with van der Waals surface area (Å²) < 4.78 is 23.8. The quantitative estimate of drug-likeness (QED) is 0.729. The van der Waals surface area contributed by atoms with Crippen molar-refractivity contribution in [3.63, 3.8) is 0 Å². The van der Waals surface area contributed by atoms with Gasteiger partial charge in [0.2, 0.25) is 5.91 Å². The minimum absolute atomic E-state index is 0.0605. The molecule has 2 N–H and O–H groups in total. The van der Waals surface area contributed by atoms with Crippen LogP contribution in [0.4, 0.5) is 11.5 Å². The topological polar surface area (TPSA) is 108 Å². The third-order valence-electron chi connectivity index (χ3n) is 5.18. The zero-order valence-electron chi connectivity index (χ0n) is 17.1. The molecule has 4 rings (SSSR count). The van der Waals surface area contributed by atoms with Crippen LogP contribution in [-0.4, -0.2) is 59.0 Å². The number of carbonyl (C=O) groups excluding carboxylic acids is 1. The van der Waals surface area contributed by atoms with E-state index in [2.05, 4.69) is 34.4 Å². The first kappa shape index (κ1) is 20.9. The molecular formula is C20H25N5O3S2. The van der Waals surface area contributed by atoms with E-state index in [1.165, 1.54) is 17.3 Å². The Morgan fingerprint density at radius 1 is 1.30 bits per heavy atom. The van der Waals surface area contributed by atoms with Gasteiger partial charge in [0.15, 0.2) is 20.8 Å². The number of fused-ring (bicyclic) bond motifs is 1. The smallest absolute Gasteiger partial charge is 0.245 e. The van der Waals surface area contributed by atoms with Crippen LogP contribution in [0.15, 0.2) is 35.3 Å². The Bertz CT molecular complexity index is 1080. The molecule has 2 atom stereocenters. The average molecular weight is 448 g/mol. The standard InChI is InChI=1S/C20H25N5O3S2/c1-12(2)14-4-6-15(7-5-14)25(9-19(26)22-18-8-13(3)23-24-18)20-21-16-10-30(27,28)11-17(16)29-20/h4-8,12,16-17H,9-11H2,1-3H3,(H2,22,23,24,26)/t16-,17-/m0/s1. The molecule has 0 unspecified atom stereocenters. The van der Waals surface area contributed by atoms with Gasteiger partial charge in [0.05, 0.1) is 17.5 Å². The second kappa shape index (κ2) is 8.07. The van der Waals surface area contributed by atoms with Crippen LogP contribution in [0.1, 0.15) is 31.0 Å². The number of amides is 1. The van der Waals surface area contributed by atoms with Gasteiger partial charge >= 0.3 is 0 Å². The molecular weight excluding hydrogens is 422 g/mol. The summed E-state index contributed by atoms with van der Waals surface area (Å²) in [5, 5.41) is 10.2. The number of hydrogen-bond acceptors (Lipinski definition) is 7. The number of aliphatic imine (C=N–C) groups is 1. The molecule has 8 nitrogen and oxygen atoms in total. The SMILES string of the molecule is Cc1cc(NC(=O)CN(C2=N[C@H]3CS(=O)(=O)C[C@@H]3S2)c2ccc(C(C)C)cc2)n[nH]1. The van der Waals surface area contributed by atoms with Gasteiger partial charge in [-0.2, -0.15) is 5.10 Å². The number of benzene rings is 1. The first-order chi connectivity index (χ1) is 14.2. The van der Waals surface area contributed by atoms with Crippen molar-refractivity contribution in [2.24, 2.45) is 4.99 Å². The highest BCUT2D eigenvalue weighted by Gasteiger charge is 2.44. The monoisotopic (exact) mass is 447 g/mol. The predicted molar refractivity (Wildman–Crippen MR) is 121 cm³/mol. The van der Waals surface area contributed by atoms with Gasteiger partial charge in [-0.1, -0.05) is 37.7 Å². The fourth-order valence-electron chi connectivity index (χ4n) is 3.59. The number of thioether (sulfide) groups is 1. The Balaban J connectivity index is 1.57. The van der Waals surface area contributed by atoms with Crippen molar-refractivity contribution in [1.29, 1.82) is 0 Å². The number of nitrogens with one attached hydrogen (secondary N) is 2. The summed E-state index contributed by atoms with van der Waals surface area (Å²) in [5.74, 6) is 0.863. The van der Waals surface area contributed by atoms with E-state index in [1.54, 1.807) is 6.07 Å². The molecule has 0 bridgehead atoms. The fraction of sp³-hybridized carbons (Fsp3) is 0.450. The van der Waals surface area contributed by atoms with Crippen LogP contribution in [0, 0.1) is 6.92 Å². The van der Waals surface area contributed by atoms with Crippen molar-refractivity contribution in [2.75, 3.05) is 28.3 Å². The number of sulfone groups is 1. The van der Waals surface area contributed by atoms with Crippen LogP contribution in [0.3, 0.4) is 0 Å². The Hall–Kier alpha value is -2.33. The van der Waals surface area contributed by atoms with E-state index in [0.29, 0.717) is 16.9 Å². The molecule has 0 radical (unpaired) electrons. The van der Waals surface area contributed by atoms with Gasteiger partial charge in [0.25, 0.3) is 0 Å². The first-order valence-corrected chi connectivity index (χ1v) is 12.5. The number of anilines is 2. The van der Waals surface area contributed by atoms with E-state index in [0.717, 1.165) is 11.4 Å². The third kappa shape index (κ3) is 4.54. The second-order valence-electron chi connectivity index (χ2n) is 8.03. The summed E-state index contributed by atoms with van der Waals surface area (Å²) in [6.45, 7) is 6.18. The number of rotatable bonds is 5. The van der Waals surface area contributed by atoms with Gasteiger partial charge in [0, 0.05) is 22.7 Å². The van der Waals surface area contributed by atoms with Gasteiger partial charge in [-0.05, 0) is 30.5 Å². The van der Waals surface area contributed by atoms with E-state index >= 15 is 0 Å². The lowest BCUT2D eigenvalue weighted by Crippen LogP contribution is -2.36. The van der Waals surface area contributed by atoms with Crippen molar-refractivity contribution >= 4 is 44.2 Å². The minimum Gasteiger partial charge on any atom is -0.312 e. The van der Waals surface area contributed by atoms with Gasteiger partial charge in [0.1, 0.15) is 6.54 Å². The number of carbonyl (C=O) groups is 1. The van der Waals surface area contributed by atoms with E-state index in [1.807, 2.05) is 36.1 Å². The molecule has 10 heteroatoms. The molecule has 1 saturated heterocycles. The summed E-state index contributed by atoms with van der Waals surface area (Å²) in [4.78, 5) is 19.2. The van der Waals surface area contributed by atoms with Crippen molar-refractivity contribution < 1.29 is 13.2 Å². The van der Waals surface area contributed by atoms with Gasteiger partial charge < -0.3 is 10.2 Å².